The lowest BCUT2D eigenvalue weighted by Crippen LogP contribution is -2.36. The van der Waals surface area contributed by atoms with E-state index < -0.39 is 0 Å². The number of nitriles is 1. The summed E-state index contributed by atoms with van der Waals surface area (Å²) in [6.45, 7) is 4.69. The average molecular weight is 194 g/mol. The van der Waals surface area contributed by atoms with Gasteiger partial charge < -0.3 is 9.64 Å². The fraction of sp³-hybridized carbons (Fsp3) is 0.600. The molecule has 1 rings (SSSR count). The number of nitrogens with zero attached hydrogens (tertiary/aromatic N) is 2. The van der Waals surface area contributed by atoms with E-state index in [1.54, 1.807) is 11.0 Å². The molecule has 0 spiro atoms. The first-order valence-corrected chi connectivity index (χ1v) is 4.68. The molecule has 1 heterocycles. The highest BCUT2D eigenvalue weighted by Crippen LogP contribution is 2.11. The molecule has 0 aromatic rings. The Balaban J connectivity index is 2.47. The normalized spacial score (nSPS) is 16.1. The van der Waals surface area contributed by atoms with Crippen molar-refractivity contribution < 1.29 is 9.53 Å². The Morgan fingerprint density at radius 1 is 1.71 bits per heavy atom. The number of ether oxygens (including phenoxy) is 1. The number of rotatable bonds is 1. The Kier molecular flexibility index (Phi) is 3.52. The molecule has 0 saturated carbocycles. The van der Waals surface area contributed by atoms with E-state index in [0.29, 0.717) is 19.5 Å². The van der Waals surface area contributed by atoms with E-state index in [9.17, 15) is 4.79 Å². The van der Waals surface area contributed by atoms with Crippen LogP contribution in [0, 0.1) is 11.3 Å². The topological polar surface area (TPSA) is 53.3 Å². The van der Waals surface area contributed by atoms with Crippen LogP contribution in [0.1, 0.15) is 20.3 Å². The quantitative estimate of drug-likeness (QED) is 0.638. The van der Waals surface area contributed by atoms with E-state index in [4.69, 9.17) is 10.00 Å². The first-order chi connectivity index (χ1) is 6.63. The number of hydrogen-bond donors (Lipinski definition) is 0. The SMILES string of the molecule is CC(C)OC(=O)N1CC=C(C#N)CC1. The number of carbonyl (C=O) groups is 1. The summed E-state index contributed by atoms with van der Waals surface area (Å²) in [5.41, 5.74) is 0.749. The van der Waals surface area contributed by atoms with Crippen molar-refractivity contribution in [1.82, 2.24) is 4.90 Å². The van der Waals surface area contributed by atoms with Crippen LogP contribution in [0.15, 0.2) is 11.6 Å². The standard InChI is InChI=1S/C10H14N2O2/c1-8(2)14-10(13)12-5-3-9(7-11)4-6-12/h3,8H,4-6H2,1-2H3. The number of carbonyl (C=O) groups excluding carboxylic acids is 1. The molecule has 0 bridgehead atoms. The fourth-order valence-corrected chi connectivity index (χ4v) is 1.21. The van der Waals surface area contributed by atoms with Crippen LogP contribution in [-0.4, -0.2) is 30.2 Å². The lowest BCUT2D eigenvalue weighted by molar-refractivity contribution is 0.0793. The predicted octanol–water partition coefficient (Wildman–Crippen LogP) is 1.69. The van der Waals surface area contributed by atoms with Gasteiger partial charge in [-0.3, -0.25) is 0 Å². The van der Waals surface area contributed by atoms with E-state index in [0.717, 1.165) is 5.57 Å². The van der Waals surface area contributed by atoms with Crippen LogP contribution >= 0.6 is 0 Å². The van der Waals surface area contributed by atoms with Crippen LogP contribution in [0.4, 0.5) is 4.79 Å². The highest BCUT2D eigenvalue weighted by molar-refractivity contribution is 5.68. The van der Waals surface area contributed by atoms with Gasteiger partial charge in [-0.15, -0.1) is 0 Å². The van der Waals surface area contributed by atoms with Crippen LogP contribution in [0.3, 0.4) is 0 Å². The summed E-state index contributed by atoms with van der Waals surface area (Å²) in [4.78, 5) is 13.0. The summed E-state index contributed by atoms with van der Waals surface area (Å²) in [6, 6.07) is 2.09. The molecule has 14 heavy (non-hydrogen) atoms. The summed E-state index contributed by atoms with van der Waals surface area (Å²) < 4.78 is 5.03. The van der Waals surface area contributed by atoms with Crippen LogP contribution in [0.25, 0.3) is 0 Å². The zero-order valence-corrected chi connectivity index (χ0v) is 8.49. The summed E-state index contributed by atoms with van der Waals surface area (Å²) in [6.07, 6.45) is 2.01. The Morgan fingerprint density at radius 2 is 2.43 bits per heavy atom. The minimum absolute atomic E-state index is 0.0937. The zero-order chi connectivity index (χ0) is 10.6. The minimum Gasteiger partial charge on any atom is -0.447 e. The highest BCUT2D eigenvalue weighted by Gasteiger charge is 2.18. The van der Waals surface area contributed by atoms with Crippen molar-refractivity contribution in [3.05, 3.63) is 11.6 Å². The summed E-state index contributed by atoms with van der Waals surface area (Å²) in [5, 5.41) is 8.61. The molecule has 0 atom stereocenters. The minimum atomic E-state index is -0.298. The van der Waals surface area contributed by atoms with Gasteiger partial charge in [0.2, 0.25) is 0 Å². The molecular weight excluding hydrogens is 180 g/mol. The first kappa shape index (κ1) is 10.6. The molecular formula is C10H14N2O2. The molecule has 4 heteroatoms. The smallest absolute Gasteiger partial charge is 0.410 e. The molecule has 0 unspecified atom stereocenters. The van der Waals surface area contributed by atoms with Gasteiger partial charge in [0, 0.05) is 18.7 Å². The van der Waals surface area contributed by atoms with Gasteiger partial charge in [-0.25, -0.2) is 4.79 Å². The third-order valence-corrected chi connectivity index (χ3v) is 1.95. The van der Waals surface area contributed by atoms with Crippen LogP contribution in [0.2, 0.25) is 0 Å². The molecule has 1 amide bonds. The van der Waals surface area contributed by atoms with Gasteiger partial charge in [-0.1, -0.05) is 6.08 Å². The number of amides is 1. The van der Waals surface area contributed by atoms with E-state index >= 15 is 0 Å². The van der Waals surface area contributed by atoms with Gasteiger partial charge in [0.1, 0.15) is 0 Å². The molecule has 0 aliphatic carbocycles. The Morgan fingerprint density at radius 3 is 2.86 bits per heavy atom. The molecule has 0 aromatic heterocycles. The van der Waals surface area contributed by atoms with Gasteiger partial charge >= 0.3 is 6.09 Å². The Hall–Kier alpha value is -1.50. The second kappa shape index (κ2) is 4.66. The van der Waals surface area contributed by atoms with Crippen molar-refractivity contribution in [2.24, 2.45) is 0 Å². The van der Waals surface area contributed by atoms with E-state index in [1.807, 2.05) is 13.8 Å². The van der Waals surface area contributed by atoms with Gasteiger partial charge in [0.05, 0.1) is 12.2 Å². The first-order valence-electron chi connectivity index (χ1n) is 4.68. The second-order valence-electron chi connectivity index (χ2n) is 3.47. The molecule has 0 N–H and O–H groups in total. The lowest BCUT2D eigenvalue weighted by atomic mass is 10.1. The highest BCUT2D eigenvalue weighted by atomic mass is 16.6. The molecule has 4 nitrogen and oxygen atoms in total. The molecule has 1 aliphatic rings. The third kappa shape index (κ3) is 2.77. The maximum absolute atomic E-state index is 11.4. The van der Waals surface area contributed by atoms with Crippen molar-refractivity contribution >= 4 is 6.09 Å². The van der Waals surface area contributed by atoms with Gasteiger partial charge in [0.25, 0.3) is 0 Å². The van der Waals surface area contributed by atoms with Crippen molar-refractivity contribution in [2.75, 3.05) is 13.1 Å². The van der Waals surface area contributed by atoms with Gasteiger partial charge in [-0.2, -0.15) is 5.26 Å². The van der Waals surface area contributed by atoms with E-state index in [-0.39, 0.29) is 12.2 Å². The molecule has 0 radical (unpaired) electrons. The molecule has 76 valence electrons. The van der Waals surface area contributed by atoms with Crippen LogP contribution < -0.4 is 0 Å². The third-order valence-electron chi connectivity index (χ3n) is 1.95. The average Bonchev–Trinajstić information content (AvgIpc) is 2.17. The Labute approximate surface area is 83.8 Å². The van der Waals surface area contributed by atoms with Crippen molar-refractivity contribution in [3.8, 4) is 6.07 Å². The van der Waals surface area contributed by atoms with Gasteiger partial charge in [0.15, 0.2) is 0 Å². The van der Waals surface area contributed by atoms with Crippen LogP contribution in [0.5, 0.6) is 0 Å². The fourth-order valence-electron chi connectivity index (χ4n) is 1.21. The molecule has 0 fully saturated rings. The second-order valence-corrected chi connectivity index (χ2v) is 3.47. The lowest BCUT2D eigenvalue weighted by Gasteiger charge is -2.24. The van der Waals surface area contributed by atoms with Crippen molar-refractivity contribution in [1.29, 1.82) is 5.26 Å². The predicted molar refractivity (Wildman–Crippen MR) is 51.5 cm³/mol. The summed E-state index contributed by atoms with van der Waals surface area (Å²) >= 11 is 0. The van der Waals surface area contributed by atoms with Gasteiger partial charge in [-0.05, 0) is 20.3 Å². The Bertz CT molecular complexity index is 289. The zero-order valence-electron chi connectivity index (χ0n) is 8.49. The molecule has 0 saturated heterocycles. The van der Waals surface area contributed by atoms with Crippen molar-refractivity contribution in [3.63, 3.8) is 0 Å². The summed E-state index contributed by atoms with van der Waals surface area (Å²) in [7, 11) is 0. The van der Waals surface area contributed by atoms with E-state index in [1.165, 1.54) is 0 Å². The summed E-state index contributed by atoms with van der Waals surface area (Å²) in [5.74, 6) is 0. The maximum Gasteiger partial charge on any atom is 0.410 e. The van der Waals surface area contributed by atoms with Crippen molar-refractivity contribution in [2.45, 2.75) is 26.4 Å². The maximum atomic E-state index is 11.4. The largest absolute Gasteiger partial charge is 0.447 e. The molecule has 1 aliphatic heterocycles. The monoisotopic (exact) mass is 194 g/mol. The molecule has 0 aromatic carbocycles. The number of hydrogen-bond acceptors (Lipinski definition) is 3. The van der Waals surface area contributed by atoms with E-state index in [2.05, 4.69) is 6.07 Å². The van der Waals surface area contributed by atoms with Crippen LogP contribution in [-0.2, 0) is 4.74 Å².